The van der Waals surface area contributed by atoms with Crippen LogP contribution in [0.25, 0.3) is 16.9 Å². The van der Waals surface area contributed by atoms with Crippen molar-refractivity contribution in [3.8, 4) is 22.7 Å². The largest absolute Gasteiger partial charge is 0.493 e. The zero-order valence-electron chi connectivity index (χ0n) is 13.6. The number of carboxylic acids is 1. The molecule has 5 nitrogen and oxygen atoms in total. The van der Waals surface area contributed by atoms with E-state index in [-0.39, 0.29) is 5.69 Å². The number of nitrogens with zero attached hydrogens (tertiary/aromatic N) is 2. The molecule has 3 aromatic rings. The molecule has 0 bridgehead atoms. The molecule has 0 radical (unpaired) electrons. The van der Waals surface area contributed by atoms with Gasteiger partial charge in [-0.2, -0.15) is 5.10 Å². The molecule has 0 atom stereocenters. The van der Waals surface area contributed by atoms with Gasteiger partial charge in [0.1, 0.15) is 5.75 Å². The topological polar surface area (TPSA) is 64.3 Å². The van der Waals surface area contributed by atoms with Crippen LogP contribution in [0.5, 0.6) is 5.75 Å². The minimum absolute atomic E-state index is 0.00203. The predicted octanol–water partition coefficient (Wildman–Crippen LogP) is 3.94. The van der Waals surface area contributed by atoms with Crippen LogP contribution in [-0.2, 0) is 0 Å². The summed E-state index contributed by atoms with van der Waals surface area (Å²) >= 11 is 0. The fourth-order valence-electron chi connectivity index (χ4n) is 2.59. The van der Waals surface area contributed by atoms with Crippen LogP contribution in [0.2, 0.25) is 0 Å². The third kappa shape index (κ3) is 3.01. The lowest BCUT2D eigenvalue weighted by molar-refractivity contribution is 0.0690. The molecule has 1 aromatic heterocycles. The molecule has 0 aliphatic carbocycles. The van der Waals surface area contributed by atoms with E-state index in [1.807, 2.05) is 62.4 Å². The lowest BCUT2D eigenvalue weighted by Gasteiger charge is -2.12. The van der Waals surface area contributed by atoms with Crippen LogP contribution in [0.3, 0.4) is 0 Å². The standard InChI is InChI=1S/C19H18N2O3/c1-3-24-18-10-5-4-9-15(18)17-12-16(19(22)23)20-21(17)14-8-6-7-13(2)11-14/h4-12H,3H2,1-2H3,(H,22,23). The fraction of sp³-hybridized carbons (Fsp3) is 0.158. The van der Waals surface area contributed by atoms with Crippen LogP contribution >= 0.6 is 0 Å². The van der Waals surface area contributed by atoms with E-state index >= 15 is 0 Å². The zero-order chi connectivity index (χ0) is 17.1. The number of ether oxygens (including phenoxy) is 1. The van der Waals surface area contributed by atoms with E-state index in [9.17, 15) is 9.90 Å². The van der Waals surface area contributed by atoms with Gasteiger partial charge in [-0.1, -0.05) is 24.3 Å². The van der Waals surface area contributed by atoms with E-state index in [0.29, 0.717) is 18.1 Å². The molecule has 0 saturated carbocycles. The van der Waals surface area contributed by atoms with Gasteiger partial charge in [-0.15, -0.1) is 0 Å². The van der Waals surface area contributed by atoms with E-state index in [1.165, 1.54) is 0 Å². The molecule has 5 heteroatoms. The van der Waals surface area contributed by atoms with Gasteiger partial charge in [0.15, 0.2) is 5.69 Å². The number of rotatable bonds is 5. The van der Waals surface area contributed by atoms with Gasteiger partial charge < -0.3 is 9.84 Å². The van der Waals surface area contributed by atoms with Crippen molar-refractivity contribution in [2.24, 2.45) is 0 Å². The Labute approximate surface area is 140 Å². The molecule has 0 aliphatic heterocycles. The SMILES string of the molecule is CCOc1ccccc1-c1cc(C(=O)O)nn1-c1cccc(C)c1. The Kier molecular flexibility index (Phi) is 4.33. The van der Waals surface area contributed by atoms with Crippen LogP contribution in [-0.4, -0.2) is 27.5 Å². The van der Waals surface area contributed by atoms with Crippen molar-refractivity contribution in [1.29, 1.82) is 0 Å². The maximum atomic E-state index is 11.4. The van der Waals surface area contributed by atoms with Crippen molar-refractivity contribution >= 4 is 5.97 Å². The summed E-state index contributed by atoms with van der Waals surface area (Å²) in [5.74, 6) is -0.359. The summed E-state index contributed by atoms with van der Waals surface area (Å²) in [4.78, 5) is 11.4. The summed E-state index contributed by atoms with van der Waals surface area (Å²) in [7, 11) is 0. The Morgan fingerprint density at radius 3 is 2.67 bits per heavy atom. The molecule has 0 unspecified atom stereocenters. The molecule has 0 amide bonds. The van der Waals surface area contributed by atoms with Gasteiger partial charge in [0.25, 0.3) is 0 Å². The van der Waals surface area contributed by atoms with E-state index < -0.39 is 5.97 Å². The number of hydrogen-bond donors (Lipinski definition) is 1. The van der Waals surface area contributed by atoms with Gasteiger partial charge in [0, 0.05) is 5.56 Å². The fourth-order valence-corrected chi connectivity index (χ4v) is 2.59. The van der Waals surface area contributed by atoms with E-state index in [0.717, 1.165) is 16.8 Å². The molecular formula is C19H18N2O3. The van der Waals surface area contributed by atoms with Gasteiger partial charge in [-0.3, -0.25) is 0 Å². The first-order valence-corrected chi connectivity index (χ1v) is 7.72. The summed E-state index contributed by atoms with van der Waals surface area (Å²) in [6.07, 6.45) is 0. The summed E-state index contributed by atoms with van der Waals surface area (Å²) in [5, 5.41) is 13.6. The minimum atomic E-state index is -1.06. The lowest BCUT2D eigenvalue weighted by Crippen LogP contribution is -2.03. The molecular weight excluding hydrogens is 304 g/mol. The average Bonchev–Trinajstić information content (AvgIpc) is 3.01. The molecule has 0 fully saturated rings. The Morgan fingerprint density at radius 1 is 1.17 bits per heavy atom. The highest BCUT2D eigenvalue weighted by atomic mass is 16.5. The normalized spacial score (nSPS) is 10.6. The first kappa shape index (κ1) is 15.8. The van der Waals surface area contributed by atoms with Gasteiger partial charge in [0.2, 0.25) is 0 Å². The number of carbonyl (C=O) groups is 1. The number of benzene rings is 2. The molecule has 0 spiro atoms. The second-order valence-corrected chi connectivity index (χ2v) is 5.40. The maximum absolute atomic E-state index is 11.4. The molecule has 3 rings (SSSR count). The average molecular weight is 322 g/mol. The smallest absolute Gasteiger partial charge is 0.356 e. The second kappa shape index (κ2) is 6.58. The number of carboxylic acid groups (broad SMARTS) is 1. The van der Waals surface area contributed by atoms with Gasteiger partial charge in [-0.25, -0.2) is 9.48 Å². The van der Waals surface area contributed by atoms with E-state index in [2.05, 4.69) is 5.10 Å². The van der Waals surface area contributed by atoms with Crippen LogP contribution in [0.15, 0.2) is 54.6 Å². The van der Waals surface area contributed by atoms with Crippen LogP contribution in [0.1, 0.15) is 23.0 Å². The monoisotopic (exact) mass is 322 g/mol. The number of para-hydroxylation sites is 1. The summed E-state index contributed by atoms with van der Waals surface area (Å²) in [6, 6.07) is 16.9. The van der Waals surface area contributed by atoms with Gasteiger partial charge in [-0.05, 0) is 49.7 Å². The van der Waals surface area contributed by atoms with E-state index in [4.69, 9.17) is 4.74 Å². The number of aryl methyl sites for hydroxylation is 1. The number of aromatic nitrogens is 2. The first-order valence-electron chi connectivity index (χ1n) is 7.72. The molecule has 122 valence electrons. The quantitative estimate of drug-likeness (QED) is 0.772. The Morgan fingerprint density at radius 2 is 1.96 bits per heavy atom. The lowest BCUT2D eigenvalue weighted by atomic mass is 10.1. The van der Waals surface area contributed by atoms with Crippen molar-refractivity contribution in [3.63, 3.8) is 0 Å². The van der Waals surface area contributed by atoms with Crippen molar-refractivity contribution in [2.75, 3.05) is 6.61 Å². The van der Waals surface area contributed by atoms with Crippen molar-refractivity contribution in [1.82, 2.24) is 9.78 Å². The molecule has 0 saturated heterocycles. The third-order valence-corrected chi connectivity index (χ3v) is 3.64. The van der Waals surface area contributed by atoms with E-state index in [1.54, 1.807) is 10.7 Å². The van der Waals surface area contributed by atoms with Gasteiger partial charge >= 0.3 is 5.97 Å². The van der Waals surface area contributed by atoms with Gasteiger partial charge in [0.05, 0.1) is 18.0 Å². The predicted molar refractivity (Wildman–Crippen MR) is 91.9 cm³/mol. The van der Waals surface area contributed by atoms with Crippen molar-refractivity contribution < 1.29 is 14.6 Å². The van der Waals surface area contributed by atoms with Crippen LogP contribution in [0.4, 0.5) is 0 Å². The first-order chi connectivity index (χ1) is 11.6. The highest BCUT2D eigenvalue weighted by Crippen LogP contribution is 2.32. The summed E-state index contributed by atoms with van der Waals surface area (Å²) < 4.78 is 7.33. The Hall–Kier alpha value is -3.08. The van der Waals surface area contributed by atoms with Crippen LogP contribution < -0.4 is 4.74 Å². The highest BCUT2D eigenvalue weighted by Gasteiger charge is 2.18. The van der Waals surface area contributed by atoms with Crippen LogP contribution in [0, 0.1) is 6.92 Å². The summed E-state index contributed by atoms with van der Waals surface area (Å²) in [5.41, 5.74) is 3.37. The number of hydrogen-bond acceptors (Lipinski definition) is 3. The maximum Gasteiger partial charge on any atom is 0.356 e. The molecule has 24 heavy (non-hydrogen) atoms. The molecule has 1 N–H and O–H groups in total. The molecule has 1 heterocycles. The molecule has 0 aliphatic rings. The second-order valence-electron chi connectivity index (χ2n) is 5.40. The summed E-state index contributed by atoms with van der Waals surface area (Å²) in [6.45, 7) is 4.43. The third-order valence-electron chi connectivity index (χ3n) is 3.64. The minimum Gasteiger partial charge on any atom is -0.493 e. The van der Waals surface area contributed by atoms with Crippen molar-refractivity contribution in [3.05, 3.63) is 65.9 Å². The highest BCUT2D eigenvalue weighted by molar-refractivity contribution is 5.87. The molecule has 2 aromatic carbocycles. The Balaban J connectivity index is 2.22. The Bertz CT molecular complexity index is 884. The van der Waals surface area contributed by atoms with Crippen molar-refractivity contribution in [2.45, 2.75) is 13.8 Å². The number of aromatic carboxylic acids is 1. The zero-order valence-corrected chi connectivity index (χ0v) is 13.6.